The first-order chi connectivity index (χ1) is 52.8. The Morgan fingerprint density at radius 3 is 1.04 bits per heavy atom. The van der Waals surface area contributed by atoms with Gasteiger partial charge < -0.3 is 28.4 Å². The number of carbonyl (C=O) groups excluding carboxylic acids is 6. The van der Waals surface area contributed by atoms with Gasteiger partial charge in [-0.3, -0.25) is 28.8 Å². The van der Waals surface area contributed by atoms with Gasteiger partial charge in [-0.25, -0.2) is 0 Å². The molecule has 0 heterocycles. The van der Waals surface area contributed by atoms with Crippen LogP contribution in [-0.2, 0) is 63.3 Å². The van der Waals surface area contributed by atoms with Crippen LogP contribution in [0.1, 0.15) is 461 Å². The van der Waals surface area contributed by atoms with E-state index in [1.165, 1.54) is 60.8 Å². The molecule has 0 spiro atoms. The van der Waals surface area contributed by atoms with Gasteiger partial charge in [0.15, 0.2) is 0 Å². The predicted octanol–water partition coefficient (Wildman–Crippen LogP) is 30.3. The highest BCUT2D eigenvalue weighted by molar-refractivity contribution is 5.79. The van der Waals surface area contributed by atoms with Gasteiger partial charge in [-0.15, -0.1) is 0 Å². The molecule has 0 bridgehead atoms. The van der Waals surface area contributed by atoms with Crippen molar-refractivity contribution in [1.82, 2.24) is 0 Å². The van der Waals surface area contributed by atoms with E-state index in [0.717, 1.165) is 83.0 Å². The number of rotatable bonds is 22. The Kier molecular flexibility index (Phi) is 47.2. The summed E-state index contributed by atoms with van der Waals surface area (Å²) in [4.78, 5) is 72.0. The number of hydrogen-bond acceptors (Lipinski definition) is 12. The molecule has 5 rings (SSSR count). The van der Waals surface area contributed by atoms with Gasteiger partial charge in [-0.1, -0.05) is 251 Å². The van der Waals surface area contributed by atoms with E-state index >= 15 is 0 Å². The molecule has 7 unspecified atom stereocenters. The van der Waals surface area contributed by atoms with Crippen molar-refractivity contribution in [3.05, 3.63) is 64.7 Å². The van der Waals surface area contributed by atoms with E-state index in [2.05, 4.69) is 210 Å². The summed E-state index contributed by atoms with van der Waals surface area (Å²) in [5, 5.41) is 0. The lowest BCUT2D eigenvalue weighted by atomic mass is 9.58. The molecular weight excluding hydrogens is 1450 g/mol. The monoisotopic (exact) mass is 1640 g/mol. The van der Waals surface area contributed by atoms with E-state index in [1.807, 2.05) is 144 Å². The summed E-state index contributed by atoms with van der Waals surface area (Å²) >= 11 is 0. The number of esters is 6. The summed E-state index contributed by atoms with van der Waals surface area (Å²) in [7, 11) is 0. The lowest BCUT2D eigenvalue weighted by molar-refractivity contribution is -0.172. The highest BCUT2D eigenvalue weighted by Crippen LogP contribution is 2.51. The molecular formula is C105H190O12. The molecule has 2 aromatic rings. The Hall–Kier alpha value is -4.74. The fraction of sp³-hybridized carbons (Fsp3) is 0.829. The van der Waals surface area contributed by atoms with E-state index in [4.69, 9.17) is 28.4 Å². The van der Waals surface area contributed by atoms with Crippen molar-refractivity contribution in [1.29, 1.82) is 0 Å². The SMILES string of the molecule is CCC(C)(C)C(=O)OC(C)C(C)(C)C.CCC(C)(C)C(=O)OC(C)C(C)C.CCC(C)(C)C(=O)OC1CC(C)C(C(C)(C)C)CC1C(C)(C)C.CCC(C)(C)C(=O)OC1CCC(C(C)(C)C)CC1.CCC(C)(C)C(=O)OC1CCCCC1.CCC(C)(C)C(=O)Oc1cc(C(C)(C)C)cc(C(C)(C)C)c1.CCC(C)c1ccc(C(C)C)cc1. The number of carbonyl (C=O) groups is 6. The second kappa shape index (κ2) is 48.3. The van der Waals surface area contributed by atoms with Crippen molar-refractivity contribution in [3.63, 3.8) is 0 Å². The zero-order chi connectivity index (χ0) is 92.2. The minimum atomic E-state index is -0.459. The molecule has 3 aliphatic rings. The van der Waals surface area contributed by atoms with Crippen molar-refractivity contribution in [2.75, 3.05) is 0 Å². The Morgan fingerprint density at radius 1 is 0.376 bits per heavy atom. The van der Waals surface area contributed by atoms with Gasteiger partial charge >= 0.3 is 35.8 Å². The molecule has 12 heteroatoms. The van der Waals surface area contributed by atoms with Crippen molar-refractivity contribution in [2.45, 2.75) is 480 Å². The fourth-order valence-electron chi connectivity index (χ4n) is 12.8. The van der Waals surface area contributed by atoms with Crippen LogP contribution in [0.3, 0.4) is 0 Å². The van der Waals surface area contributed by atoms with Gasteiger partial charge in [0.1, 0.15) is 36.3 Å². The third kappa shape index (κ3) is 41.3. The lowest BCUT2D eigenvalue weighted by Gasteiger charge is -2.49. The molecule has 0 amide bonds. The van der Waals surface area contributed by atoms with Crippen molar-refractivity contribution >= 4 is 35.8 Å². The first kappa shape index (κ1) is 114. The van der Waals surface area contributed by atoms with E-state index in [9.17, 15) is 28.8 Å². The van der Waals surface area contributed by atoms with Crippen LogP contribution >= 0.6 is 0 Å². The number of benzene rings is 2. The maximum absolute atomic E-state index is 12.6. The van der Waals surface area contributed by atoms with E-state index in [-0.39, 0.29) is 115 Å². The van der Waals surface area contributed by atoms with E-state index < -0.39 is 5.41 Å². The van der Waals surface area contributed by atoms with Crippen LogP contribution < -0.4 is 4.74 Å². The van der Waals surface area contributed by atoms with Crippen LogP contribution in [0.5, 0.6) is 5.75 Å². The van der Waals surface area contributed by atoms with Gasteiger partial charge in [0, 0.05) is 5.92 Å². The summed E-state index contributed by atoms with van der Waals surface area (Å²) in [5.74, 6) is 4.44. The maximum atomic E-state index is 12.6. The highest BCUT2D eigenvalue weighted by atomic mass is 16.6. The van der Waals surface area contributed by atoms with Crippen LogP contribution in [-0.4, -0.2) is 66.3 Å². The van der Waals surface area contributed by atoms with Crippen LogP contribution in [0.4, 0.5) is 0 Å². The molecule has 117 heavy (non-hydrogen) atoms. The Morgan fingerprint density at radius 2 is 0.718 bits per heavy atom. The van der Waals surface area contributed by atoms with E-state index in [0.29, 0.717) is 52.1 Å². The van der Waals surface area contributed by atoms with Gasteiger partial charge in [-0.05, 0) is 308 Å². The van der Waals surface area contributed by atoms with Crippen LogP contribution in [0, 0.1) is 83.7 Å². The summed E-state index contributed by atoms with van der Waals surface area (Å²) in [6.45, 7) is 94.9. The van der Waals surface area contributed by atoms with Gasteiger partial charge in [-0.2, -0.15) is 0 Å². The molecule has 12 nitrogen and oxygen atoms in total. The predicted molar refractivity (Wildman–Crippen MR) is 497 cm³/mol. The topological polar surface area (TPSA) is 158 Å². The molecule has 0 saturated heterocycles. The zero-order valence-electron chi connectivity index (χ0n) is 85.1. The molecule has 0 aliphatic heterocycles. The average Bonchev–Trinajstić information content (AvgIpc) is 0.780. The highest BCUT2D eigenvalue weighted by Gasteiger charge is 2.47. The zero-order valence-corrected chi connectivity index (χ0v) is 85.1. The summed E-state index contributed by atoms with van der Waals surface area (Å²) < 4.78 is 33.7. The molecule has 0 aromatic heterocycles. The number of hydrogen-bond donors (Lipinski definition) is 0. The summed E-state index contributed by atoms with van der Waals surface area (Å²) in [6, 6.07) is 15.3. The molecule has 7 atom stereocenters. The minimum Gasteiger partial charge on any atom is -0.462 e. The van der Waals surface area contributed by atoms with Gasteiger partial charge in [0.25, 0.3) is 0 Å². The van der Waals surface area contributed by atoms with Crippen molar-refractivity contribution < 1.29 is 57.2 Å². The molecule has 2 aromatic carbocycles. The van der Waals surface area contributed by atoms with Crippen molar-refractivity contribution in [3.8, 4) is 5.75 Å². The minimum absolute atomic E-state index is 0.0123. The smallest absolute Gasteiger partial charge is 0.316 e. The molecule has 0 radical (unpaired) electrons. The van der Waals surface area contributed by atoms with E-state index in [1.54, 1.807) is 0 Å². The first-order valence-corrected chi connectivity index (χ1v) is 46.3. The molecule has 0 N–H and O–H groups in total. The average molecular weight is 1640 g/mol. The van der Waals surface area contributed by atoms with Gasteiger partial charge in [0.2, 0.25) is 0 Å². The lowest BCUT2D eigenvalue weighted by Crippen LogP contribution is -2.47. The summed E-state index contributed by atoms with van der Waals surface area (Å²) in [6.07, 6.45) is 18.9. The Balaban J connectivity index is 0. The molecule has 3 aliphatic carbocycles. The Bertz CT molecular complexity index is 3170. The largest absolute Gasteiger partial charge is 0.462 e. The third-order valence-electron chi connectivity index (χ3n) is 26.7. The van der Waals surface area contributed by atoms with Crippen LogP contribution in [0.25, 0.3) is 0 Å². The maximum Gasteiger partial charge on any atom is 0.316 e. The second-order valence-corrected chi connectivity index (χ2v) is 46.2. The summed E-state index contributed by atoms with van der Waals surface area (Å²) in [5.41, 5.74) is 3.99. The quantitative estimate of drug-likeness (QED) is 0.0625. The molecule has 3 saturated carbocycles. The van der Waals surface area contributed by atoms with Crippen LogP contribution in [0.2, 0.25) is 0 Å². The Labute approximate surface area is 723 Å². The number of ether oxygens (including phenoxy) is 6. The van der Waals surface area contributed by atoms with Gasteiger partial charge in [0.05, 0.1) is 32.5 Å². The third-order valence-corrected chi connectivity index (χ3v) is 26.7. The standard InChI is InChI=1S/C21H40O2.C20H32O2.C16H30O2.C13H20.C12H22O2.C12H24O2.C11H22O2/c1-11-21(9,10)18(22)23-17-12-14(2)15(19(3,4)5)13-16(17)20(6,7)8;1-10-20(8,9)17(21)22-16-12-14(18(2,3)4)11-15(13-16)19(5,6)7;1-7-16(5,6)14(17)18-13-10-8-12(9-11-13)15(2,3)4;1-5-11(4)13-8-6-12(7-9-13)10(2)3;1-4-12(2,3)11(13)14-10-8-6-5-7-9-10;1-8-12(6,7)10(13)14-9(2)11(3,4)5;1-7-11(5,6)10(12)13-9(4)8(2)3/h14-17H,11-13H2,1-10H3;11-13H,10H2,1-9H3;12-13H,7-11H2,1-6H3;6-11H,5H2,1-4H3;10H,4-9H2,1-3H3;9H,8H2,1-7H3;8-9H,7H2,1-6H3. The normalized spacial score (nSPS) is 19.6. The fourth-order valence-corrected chi connectivity index (χ4v) is 12.8. The molecule has 3 fully saturated rings. The second-order valence-electron chi connectivity index (χ2n) is 46.2. The van der Waals surface area contributed by atoms with Crippen LogP contribution in [0.15, 0.2) is 42.5 Å². The first-order valence-electron chi connectivity index (χ1n) is 46.3. The van der Waals surface area contributed by atoms with Crippen molar-refractivity contribution in [2.24, 2.45) is 83.7 Å². The molecule has 682 valence electrons.